The minimum atomic E-state index is -1.36. The van der Waals surface area contributed by atoms with Crippen molar-refractivity contribution in [3.8, 4) is 5.88 Å². The van der Waals surface area contributed by atoms with E-state index in [1.54, 1.807) is 18.2 Å². The molecule has 0 saturated heterocycles. The number of aromatic nitrogens is 3. The van der Waals surface area contributed by atoms with Gasteiger partial charge in [-0.15, -0.1) is 0 Å². The molecule has 5 rings (SSSR count). The van der Waals surface area contributed by atoms with Gasteiger partial charge < -0.3 is 19.6 Å². The number of oxazole rings is 1. The molecule has 1 fully saturated rings. The van der Waals surface area contributed by atoms with E-state index in [1.807, 2.05) is 0 Å². The van der Waals surface area contributed by atoms with Gasteiger partial charge in [0.2, 0.25) is 5.88 Å². The van der Waals surface area contributed by atoms with Crippen molar-refractivity contribution in [2.24, 2.45) is 16.6 Å². The number of fused-ring (bicyclic) bond motifs is 1. The van der Waals surface area contributed by atoms with E-state index in [9.17, 15) is 4.79 Å². The van der Waals surface area contributed by atoms with Crippen LogP contribution < -0.4 is 10.5 Å². The lowest BCUT2D eigenvalue weighted by Crippen LogP contribution is -2.43. The maximum absolute atomic E-state index is 15.0. The molecule has 1 aromatic carbocycles. The summed E-state index contributed by atoms with van der Waals surface area (Å²) >= 11 is 6.48. The highest BCUT2D eigenvalue weighted by Crippen LogP contribution is 2.56. The second kappa shape index (κ2) is 8.68. The first kappa shape index (κ1) is 22.3. The third-order valence-corrected chi connectivity index (χ3v) is 6.39. The molecule has 1 aliphatic carbocycles. The number of carbonyl (C=O) groups is 1. The average Bonchev–Trinajstić information content (AvgIpc) is 3.41. The second-order valence-corrected chi connectivity index (χ2v) is 8.72. The lowest BCUT2D eigenvalue weighted by molar-refractivity contribution is 0.0987. The zero-order chi connectivity index (χ0) is 23.9. The van der Waals surface area contributed by atoms with Crippen LogP contribution in [0.5, 0.6) is 5.88 Å². The molecule has 11 heteroatoms. The van der Waals surface area contributed by atoms with Gasteiger partial charge in [0.15, 0.2) is 12.2 Å². The number of Topliss-reactive ketones (excluding diaryl/α,β-unsaturated/α-hetero) is 1. The maximum atomic E-state index is 15.0. The van der Waals surface area contributed by atoms with Crippen molar-refractivity contribution >= 4 is 23.4 Å². The number of nitrogens with two attached hydrogens (primary N) is 1. The van der Waals surface area contributed by atoms with Gasteiger partial charge in [0.25, 0.3) is 6.02 Å². The Bertz CT molecular complexity index is 1230. The number of nitrogens with zero attached hydrogens (tertiary/aromatic N) is 4. The number of aliphatic imine (C=N–C) groups is 1. The van der Waals surface area contributed by atoms with Gasteiger partial charge in [-0.1, -0.05) is 23.7 Å². The van der Waals surface area contributed by atoms with Crippen LogP contribution in [-0.4, -0.2) is 39.0 Å². The third kappa shape index (κ3) is 4.09. The molecule has 1 aliphatic heterocycles. The largest absolute Gasteiger partial charge is 0.470 e. The molecule has 1 saturated carbocycles. The molecule has 0 radical (unpaired) electrons. The fraction of sp³-hybridized carbons (Fsp3) is 0.348. The van der Waals surface area contributed by atoms with Gasteiger partial charge in [0.1, 0.15) is 42.1 Å². The Morgan fingerprint density at radius 2 is 2.21 bits per heavy atom. The Hall–Kier alpha value is -3.53. The molecule has 0 bridgehead atoms. The van der Waals surface area contributed by atoms with Crippen LogP contribution in [0.2, 0.25) is 5.02 Å². The number of halogens is 2. The Kier molecular flexibility index (Phi) is 5.68. The number of alkyl halides is 1. The van der Waals surface area contributed by atoms with E-state index in [0.29, 0.717) is 28.3 Å². The van der Waals surface area contributed by atoms with Crippen LogP contribution in [0.4, 0.5) is 4.39 Å². The molecular formula is C23H21ClFN5O4. The Morgan fingerprint density at radius 3 is 2.91 bits per heavy atom. The topological polar surface area (TPSA) is 126 Å². The highest BCUT2D eigenvalue weighted by molar-refractivity contribution is 6.31. The maximum Gasteiger partial charge on any atom is 0.283 e. The van der Waals surface area contributed by atoms with E-state index >= 15 is 4.39 Å². The summed E-state index contributed by atoms with van der Waals surface area (Å²) in [6.45, 7) is 1.61. The molecule has 2 aliphatic rings. The number of ether oxygens (including phenoxy) is 2. The van der Waals surface area contributed by atoms with Crippen LogP contribution in [0.15, 0.2) is 52.7 Å². The number of hydrogen-bond acceptors (Lipinski definition) is 9. The summed E-state index contributed by atoms with van der Waals surface area (Å²) in [5, 5.41) is 0.359. The van der Waals surface area contributed by atoms with Crippen molar-refractivity contribution < 1.29 is 23.1 Å². The summed E-state index contributed by atoms with van der Waals surface area (Å²) in [6, 6.07) is 5.03. The van der Waals surface area contributed by atoms with Crippen molar-refractivity contribution in [1.82, 2.24) is 15.0 Å². The number of benzene rings is 1. The van der Waals surface area contributed by atoms with E-state index in [-0.39, 0.29) is 48.4 Å². The average molecular weight is 486 g/mol. The molecule has 3 heterocycles. The van der Waals surface area contributed by atoms with E-state index in [2.05, 4.69) is 19.9 Å². The first-order chi connectivity index (χ1) is 16.4. The van der Waals surface area contributed by atoms with Crippen LogP contribution in [0, 0.1) is 5.92 Å². The minimum Gasteiger partial charge on any atom is -0.470 e. The summed E-state index contributed by atoms with van der Waals surface area (Å²) < 4.78 is 30.8. The van der Waals surface area contributed by atoms with Gasteiger partial charge in [0, 0.05) is 22.9 Å². The molecule has 4 atom stereocenters. The fourth-order valence-corrected chi connectivity index (χ4v) is 4.60. The predicted octanol–water partition coefficient (Wildman–Crippen LogP) is 3.41. The number of rotatable bonds is 8. The molecule has 9 nitrogen and oxygen atoms in total. The molecular weight excluding hydrogens is 465 g/mol. The smallest absolute Gasteiger partial charge is 0.283 e. The van der Waals surface area contributed by atoms with Crippen LogP contribution in [0.3, 0.4) is 0 Å². The molecule has 2 N–H and O–H groups in total. The van der Waals surface area contributed by atoms with Gasteiger partial charge in [-0.25, -0.2) is 24.3 Å². The summed E-state index contributed by atoms with van der Waals surface area (Å²) in [5.41, 5.74) is 6.52. The Balaban J connectivity index is 1.34. The van der Waals surface area contributed by atoms with Gasteiger partial charge in [-0.2, -0.15) is 0 Å². The lowest BCUT2D eigenvalue weighted by atomic mass is 9.80. The second-order valence-electron chi connectivity index (χ2n) is 8.31. The summed E-state index contributed by atoms with van der Waals surface area (Å²) in [4.78, 5) is 29.4. The predicted molar refractivity (Wildman–Crippen MR) is 119 cm³/mol. The first-order valence-electron chi connectivity index (χ1n) is 10.7. The molecule has 3 aromatic rings. The summed E-state index contributed by atoms with van der Waals surface area (Å²) in [5.74, 6) is -0.175. The normalized spacial score (nSPS) is 23.9. The highest BCUT2D eigenvalue weighted by atomic mass is 35.5. The fourth-order valence-electron chi connectivity index (χ4n) is 4.33. The van der Waals surface area contributed by atoms with E-state index in [4.69, 9.17) is 31.2 Å². The van der Waals surface area contributed by atoms with E-state index in [1.165, 1.54) is 32.0 Å². The molecule has 1 unspecified atom stereocenters. The van der Waals surface area contributed by atoms with Crippen molar-refractivity contribution in [1.29, 1.82) is 0 Å². The molecule has 0 amide bonds. The van der Waals surface area contributed by atoms with Crippen LogP contribution in [0.25, 0.3) is 0 Å². The Labute approximate surface area is 199 Å². The zero-order valence-electron chi connectivity index (χ0n) is 18.1. The quantitative estimate of drug-likeness (QED) is 0.481. The standard InChI is InChI=1S/C23H21ClFN5O4/c1-12(25)23(16-6-20(16)34-22(26)30-23)15-4-13(2-3-17(15)24)5-19(31)18-7-28-21(8-27-18)33-10-14-9-32-11-29-14/h2-4,7-9,11-12,16,20H,5-6,10H2,1H3,(H2,26,30)/t12?,16-,20+,23+/m0/s1. The van der Waals surface area contributed by atoms with Crippen molar-refractivity contribution in [2.45, 2.75) is 44.2 Å². The number of carbonyl (C=O) groups excluding carboxylic acids is 1. The van der Waals surface area contributed by atoms with E-state index < -0.39 is 11.7 Å². The van der Waals surface area contributed by atoms with Gasteiger partial charge in [-0.05, 0) is 25.0 Å². The van der Waals surface area contributed by atoms with Crippen LogP contribution in [-0.2, 0) is 23.3 Å². The summed E-state index contributed by atoms with van der Waals surface area (Å²) in [6.07, 6.45) is 4.60. The Morgan fingerprint density at radius 1 is 1.35 bits per heavy atom. The highest BCUT2D eigenvalue weighted by Gasteiger charge is 2.62. The van der Waals surface area contributed by atoms with Gasteiger partial charge in [-0.3, -0.25) is 4.79 Å². The molecule has 176 valence electrons. The van der Waals surface area contributed by atoms with Crippen molar-refractivity contribution in [2.75, 3.05) is 0 Å². The summed E-state index contributed by atoms with van der Waals surface area (Å²) in [7, 11) is 0. The lowest BCUT2D eigenvalue weighted by Gasteiger charge is -2.36. The zero-order valence-corrected chi connectivity index (χ0v) is 18.9. The van der Waals surface area contributed by atoms with Gasteiger partial charge >= 0.3 is 0 Å². The molecule has 34 heavy (non-hydrogen) atoms. The van der Waals surface area contributed by atoms with Gasteiger partial charge in [0.05, 0.1) is 12.4 Å². The number of amidine groups is 1. The molecule has 2 aromatic heterocycles. The van der Waals surface area contributed by atoms with Crippen LogP contribution >= 0.6 is 11.6 Å². The van der Waals surface area contributed by atoms with E-state index in [0.717, 1.165) is 0 Å². The van der Waals surface area contributed by atoms with Crippen molar-refractivity contribution in [3.05, 3.63) is 70.8 Å². The SMILES string of the molecule is CC(F)[C@]1(c2cc(CC(=O)c3cnc(OCc4cocn4)cn3)ccc2Cl)N=C(N)O[C@@H]2C[C@@H]21. The monoisotopic (exact) mass is 485 g/mol. The van der Waals surface area contributed by atoms with Crippen LogP contribution in [0.1, 0.15) is 40.7 Å². The molecule has 0 spiro atoms. The first-order valence-corrected chi connectivity index (χ1v) is 11.0. The van der Waals surface area contributed by atoms with Crippen molar-refractivity contribution in [3.63, 3.8) is 0 Å². The number of ketones is 1. The number of hydrogen-bond donors (Lipinski definition) is 1. The third-order valence-electron chi connectivity index (χ3n) is 6.06. The minimum absolute atomic E-state index is 0.0263.